The Morgan fingerprint density at radius 1 is 0.958 bits per heavy atom. The van der Waals surface area contributed by atoms with Crippen LogP contribution in [0.5, 0.6) is 0 Å². The first kappa shape index (κ1) is 15.0. The lowest BCUT2D eigenvalue weighted by atomic mass is 10.0. The molecule has 0 saturated carbocycles. The van der Waals surface area contributed by atoms with E-state index in [0.29, 0.717) is 0 Å². The SMILES string of the molecule is Cc1ccc2nc(-c3cccc(Cl)c3)c(Cc3ccccc3)n2c1. The molecule has 0 bridgehead atoms. The Labute approximate surface area is 146 Å². The molecule has 0 N–H and O–H groups in total. The molecule has 24 heavy (non-hydrogen) atoms. The van der Waals surface area contributed by atoms with Crippen LogP contribution in [-0.4, -0.2) is 9.38 Å². The fraction of sp³-hybridized carbons (Fsp3) is 0.0952. The monoisotopic (exact) mass is 332 g/mol. The number of pyridine rings is 1. The van der Waals surface area contributed by atoms with Crippen LogP contribution >= 0.6 is 11.6 Å². The maximum atomic E-state index is 6.20. The molecule has 4 rings (SSSR count). The predicted molar refractivity (Wildman–Crippen MR) is 99.6 cm³/mol. The highest BCUT2D eigenvalue weighted by molar-refractivity contribution is 6.30. The Hall–Kier alpha value is -2.58. The van der Waals surface area contributed by atoms with E-state index in [2.05, 4.69) is 60.0 Å². The van der Waals surface area contributed by atoms with E-state index in [-0.39, 0.29) is 0 Å². The summed E-state index contributed by atoms with van der Waals surface area (Å²) in [6.07, 6.45) is 2.97. The van der Waals surface area contributed by atoms with Gasteiger partial charge in [0.15, 0.2) is 0 Å². The molecule has 0 aliphatic carbocycles. The summed E-state index contributed by atoms with van der Waals surface area (Å²) >= 11 is 6.20. The van der Waals surface area contributed by atoms with Gasteiger partial charge in [-0.2, -0.15) is 0 Å². The summed E-state index contributed by atoms with van der Waals surface area (Å²) in [6.45, 7) is 2.10. The lowest BCUT2D eigenvalue weighted by molar-refractivity contribution is 1.02. The van der Waals surface area contributed by atoms with Gasteiger partial charge in [-0.1, -0.05) is 60.1 Å². The van der Waals surface area contributed by atoms with E-state index in [9.17, 15) is 0 Å². The Morgan fingerprint density at radius 3 is 2.58 bits per heavy atom. The van der Waals surface area contributed by atoms with Crippen molar-refractivity contribution in [3.8, 4) is 11.3 Å². The molecule has 2 nitrogen and oxygen atoms in total. The second kappa shape index (κ2) is 6.14. The molecule has 0 amide bonds. The van der Waals surface area contributed by atoms with Crippen LogP contribution in [0.2, 0.25) is 5.02 Å². The van der Waals surface area contributed by atoms with Gasteiger partial charge in [0, 0.05) is 23.2 Å². The summed E-state index contributed by atoms with van der Waals surface area (Å²) in [4.78, 5) is 4.87. The van der Waals surface area contributed by atoms with Crippen molar-refractivity contribution in [2.45, 2.75) is 13.3 Å². The van der Waals surface area contributed by atoms with Gasteiger partial charge in [0.1, 0.15) is 5.65 Å². The van der Waals surface area contributed by atoms with E-state index >= 15 is 0 Å². The van der Waals surface area contributed by atoms with Gasteiger partial charge in [0.2, 0.25) is 0 Å². The second-order valence-corrected chi connectivity index (χ2v) is 6.45. The standard InChI is InChI=1S/C21H17ClN2/c1-15-10-11-20-23-21(17-8-5-9-18(22)13-17)19(24(20)14-15)12-16-6-3-2-4-7-16/h2-11,13-14H,12H2,1H3. The van der Waals surface area contributed by atoms with Crippen molar-refractivity contribution < 1.29 is 0 Å². The summed E-state index contributed by atoms with van der Waals surface area (Å²) in [7, 11) is 0. The minimum absolute atomic E-state index is 0.728. The van der Waals surface area contributed by atoms with Gasteiger partial charge in [-0.25, -0.2) is 4.98 Å². The molecule has 2 heterocycles. The van der Waals surface area contributed by atoms with E-state index in [1.165, 1.54) is 16.8 Å². The number of aromatic nitrogens is 2. The maximum absolute atomic E-state index is 6.20. The highest BCUT2D eigenvalue weighted by atomic mass is 35.5. The van der Waals surface area contributed by atoms with Crippen LogP contribution in [-0.2, 0) is 6.42 Å². The minimum atomic E-state index is 0.728. The molecule has 0 spiro atoms. The van der Waals surface area contributed by atoms with Crippen LogP contribution in [0.4, 0.5) is 0 Å². The molecule has 2 aromatic carbocycles. The summed E-state index contributed by atoms with van der Waals surface area (Å²) in [6, 6.07) is 22.6. The van der Waals surface area contributed by atoms with Crippen LogP contribution in [0.25, 0.3) is 16.9 Å². The largest absolute Gasteiger partial charge is 0.303 e. The van der Waals surface area contributed by atoms with Crippen LogP contribution in [0.15, 0.2) is 72.9 Å². The van der Waals surface area contributed by atoms with E-state index in [1.807, 2.05) is 24.3 Å². The second-order valence-electron chi connectivity index (χ2n) is 6.01. The zero-order chi connectivity index (χ0) is 16.5. The fourth-order valence-corrected chi connectivity index (χ4v) is 3.21. The Kier molecular flexibility index (Phi) is 3.83. The number of halogens is 1. The lowest BCUT2D eigenvalue weighted by Crippen LogP contribution is -1.97. The smallest absolute Gasteiger partial charge is 0.137 e. The zero-order valence-electron chi connectivity index (χ0n) is 13.4. The highest BCUT2D eigenvalue weighted by Crippen LogP contribution is 2.28. The molecule has 0 fully saturated rings. The van der Waals surface area contributed by atoms with Crippen molar-refractivity contribution in [3.63, 3.8) is 0 Å². The van der Waals surface area contributed by atoms with Crippen molar-refractivity contribution in [1.82, 2.24) is 9.38 Å². The number of benzene rings is 2. The molecule has 4 aromatic rings. The molecule has 0 saturated heterocycles. The first-order chi connectivity index (χ1) is 11.7. The van der Waals surface area contributed by atoms with Gasteiger partial charge >= 0.3 is 0 Å². The summed E-state index contributed by atoms with van der Waals surface area (Å²) in [5.74, 6) is 0. The van der Waals surface area contributed by atoms with Gasteiger partial charge in [0.05, 0.1) is 11.4 Å². The predicted octanol–water partition coefficient (Wildman–Crippen LogP) is 5.55. The third-order valence-electron chi connectivity index (χ3n) is 4.18. The number of hydrogen-bond donors (Lipinski definition) is 0. The van der Waals surface area contributed by atoms with Crippen LogP contribution < -0.4 is 0 Å². The number of hydrogen-bond acceptors (Lipinski definition) is 1. The summed E-state index contributed by atoms with van der Waals surface area (Å²) in [5.41, 5.74) is 6.67. The molecular weight excluding hydrogens is 316 g/mol. The topological polar surface area (TPSA) is 17.3 Å². The molecule has 0 atom stereocenters. The molecule has 0 unspecified atom stereocenters. The first-order valence-corrected chi connectivity index (χ1v) is 8.36. The number of aryl methyl sites for hydroxylation is 1. The van der Waals surface area contributed by atoms with Crippen LogP contribution in [0.1, 0.15) is 16.8 Å². The number of nitrogens with zero attached hydrogens (tertiary/aromatic N) is 2. The number of fused-ring (bicyclic) bond motifs is 1. The minimum Gasteiger partial charge on any atom is -0.303 e. The Morgan fingerprint density at radius 2 is 1.79 bits per heavy atom. The first-order valence-electron chi connectivity index (χ1n) is 7.98. The van der Waals surface area contributed by atoms with Gasteiger partial charge in [0.25, 0.3) is 0 Å². The molecule has 0 aliphatic heterocycles. The average molecular weight is 333 g/mol. The summed E-state index contributed by atoms with van der Waals surface area (Å²) < 4.78 is 2.19. The zero-order valence-corrected chi connectivity index (χ0v) is 14.2. The third-order valence-corrected chi connectivity index (χ3v) is 4.41. The van der Waals surface area contributed by atoms with Gasteiger partial charge in [-0.05, 0) is 36.2 Å². The molecule has 2 aromatic heterocycles. The van der Waals surface area contributed by atoms with E-state index < -0.39 is 0 Å². The average Bonchev–Trinajstić information content (AvgIpc) is 2.94. The van der Waals surface area contributed by atoms with Crippen molar-refractivity contribution in [1.29, 1.82) is 0 Å². The van der Waals surface area contributed by atoms with Crippen LogP contribution in [0.3, 0.4) is 0 Å². The normalized spacial score (nSPS) is 11.1. The molecule has 3 heteroatoms. The van der Waals surface area contributed by atoms with Crippen molar-refractivity contribution in [2.24, 2.45) is 0 Å². The fourth-order valence-electron chi connectivity index (χ4n) is 3.02. The van der Waals surface area contributed by atoms with E-state index in [1.54, 1.807) is 0 Å². The molecule has 118 valence electrons. The van der Waals surface area contributed by atoms with E-state index in [4.69, 9.17) is 16.6 Å². The van der Waals surface area contributed by atoms with Gasteiger partial charge in [-0.3, -0.25) is 0 Å². The Bertz CT molecular complexity index is 1000. The maximum Gasteiger partial charge on any atom is 0.137 e. The molecule has 0 aliphatic rings. The Balaban J connectivity index is 1.93. The van der Waals surface area contributed by atoms with Crippen molar-refractivity contribution >= 4 is 17.2 Å². The quantitative estimate of drug-likeness (QED) is 0.480. The summed E-state index contributed by atoms with van der Waals surface area (Å²) in [5, 5.41) is 0.728. The van der Waals surface area contributed by atoms with Crippen molar-refractivity contribution in [2.75, 3.05) is 0 Å². The third kappa shape index (κ3) is 2.81. The molecule has 0 radical (unpaired) electrons. The van der Waals surface area contributed by atoms with E-state index in [0.717, 1.165) is 28.3 Å². The number of rotatable bonds is 3. The van der Waals surface area contributed by atoms with Crippen LogP contribution in [0, 0.1) is 6.92 Å². The lowest BCUT2D eigenvalue weighted by Gasteiger charge is -2.07. The van der Waals surface area contributed by atoms with Gasteiger partial charge in [-0.15, -0.1) is 0 Å². The van der Waals surface area contributed by atoms with Crippen molar-refractivity contribution in [3.05, 3.63) is 94.8 Å². The number of imidazole rings is 1. The molecular formula is C21H17ClN2. The van der Waals surface area contributed by atoms with Gasteiger partial charge < -0.3 is 4.40 Å². The highest BCUT2D eigenvalue weighted by Gasteiger charge is 2.15.